The van der Waals surface area contributed by atoms with Crippen molar-refractivity contribution in [1.82, 2.24) is 4.90 Å². The second-order valence-corrected chi connectivity index (χ2v) is 6.30. The first-order chi connectivity index (χ1) is 7.88. The van der Waals surface area contributed by atoms with Crippen LogP contribution in [0.4, 0.5) is 0 Å². The van der Waals surface area contributed by atoms with Gasteiger partial charge in [0.15, 0.2) is 0 Å². The molecule has 4 unspecified atom stereocenters. The molecule has 0 aliphatic heterocycles. The summed E-state index contributed by atoms with van der Waals surface area (Å²) in [5.74, 6) is 1.10. The molecule has 1 amide bonds. The molecule has 0 spiro atoms. The lowest BCUT2D eigenvalue weighted by molar-refractivity contribution is -0.142. The Balaban J connectivity index is 2.11. The van der Waals surface area contributed by atoms with Gasteiger partial charge in [-0.2, -0.15) is 0 Å². The van der Waals surface area contributed by atoms with Gasteiger partial charge in [0.1, 0.15) is 0 Å². The maximum Gasteiger partial charge on any atom is 0.227 e. The molecule has 2 bridgehead atoms. The molecule has 0 heterocycles. The number of carbonyl (C=O) groups excluding carboxylic acids is 1. The predicted octanol–water partition coefficient (Wildman–Crippen LogP) is 0.589. The van der Waals surface area contributed by atoms with Gasteiger partial charge in [0, 0.05) is 13.1 Å². The van der Waals surface area contributed by atoms with E-state index in [9.17, 15) is 9.90 Å². The van der Waals surface area contributed by atoms with Crippen LogP contribution in [0.15, 0.2) is 0 Å². The number of nitrogens with zero attached hydrogens (tertiary/aromatic N) is 1. The molecule has 0 aromatic rings. The summed E-state index contributed by atoms with van der Waals surface area (Å²) >= 11 is 0. The number of hydrogen-bond acceptors (Lipinski definition) is 3. The Bertz CT molecular complexity index is 315. The third-order valence-electron chi connectivity index (χ3n) is 4.89. The molecule has 0 aromatic carbocycles. The van der Waals surface area contributed by atoms with E-state index in [-0.39, 0.29) is 24.5 Å². The smallest absolute Gasteiger partial charge is 0.227 e. The molecule has 2 aliphatic rings. The molecule has 2 rings (SSSR count). The number of aliphatic hydroxyl groups excluding tert-OH is 1. The van der Waals surface area contributed by atoms with Crippen LogP contribution in [-0.4, -0.2) is 41.1 Å². The second-order valence-electron chi connectivity index (χ2n) is 6.30. The third-order valence-corrected chi connectivity index (χ3v) is 4.89. The van der Waals surface area contributed by atoms with E-state index in [1.165, 1.54) is 6.42 Å². The Kier molecular flexibility index (Phi) is 3.21. The van der Waals surface area contributed by atoms with E-state index in [0.717, 1.165) is 12.8 Å². The zero-order valence-electron chi connectivity index (χ0n) is 11.0. The van der Waals surface area contributed by atoms with Crippen LogP contribution in [0, 0.1) is 17.8 Å². The van der Waals surface area contributed by atoms with Crippen molar-refractivity contribution in [2.24, 2.45) is 23.5 Å². The fourth-order valence-corrected chi connectivity index (χ4v) is 3.33. The first-order valence-electron chi connectivity index (χ1n) is 6.52. The molecule has 2 saturated carbocycles. The number of carbonyl (C=O) groups is 1. The number of nitrogens with two attached hydrogens (primary N) is 1. The van der Waals surface area contributed by atoms with Crippen LogP contribution >= 0.6 is 0 Å². The molecular weight excluding hydrogens is 216 g/mol. The number of aliphatic hydroxyl groups is 1. The van der Waals surface area contributed by atoms with Crippen molar-refractivity contribution in [3.05, 3.63) is 0 Å². The summed E-state index contributed by atoms with van der Waals surface area (Å²) < 4.78 is 0. The highest BCUT2D eigenvalue weighted by Crippen LogP contribution is 2.48. The lowest BCUT2D eigenvalue weighted by Crippen LogP contribution is -2.54. The summed E-state index contributed by atoms with van der Waals surface area (Å²) in [6.07, 6.45) is 3.44. The van der Waals surface area contributed by atoms with Gasteiger partial charge in [-0.15, -0.1) is 0 Å². The highest BCUT2D eigenvalue weighted by Gasteiger charge is 2.50. The average Bonchev–Trinajstić information content (AvgIpc) is 2.87. The summed E-state index contributed by atoms with van der Waals surface area (Å²) in [6.45, 7) is 3.73. The summed E-state index contributed by atoms with van der Waals surface area (Å²) in [6, 6.07) is 0.0261. The summed E-state index contributed by atoms with van der Waals surface area (Å²) in [7, 11) is 1.78. The Hall–Kier alpha value is -0.610. The molecular formula is C13H24N2O2. The molecule has 2 fully saturated rings. The fraction of sp³-hybridized carbons (Fsp3) is 0.923. The van der Waals surface area contributed by atoms with Gasteiger partial charge in [0.25, 0.3) is 0 Å². The zero-order chi connectivity index (χ0) is 12.8. The molecule has 17 heavy (non-hydrogen) atoms. The van der Waals surface area contributed by atoms with Crippen LogP contribution in [0.2, 0.25) is 0 Å². The molecule has 0 radical (unpaired) electrons. The van der Waals surface area contributed by atoms with Gasteiger partial charge in [-0.05, 0) is 44.9 Å². The van der Waals surface area contributed by atoms with Gasteiger partial charge in [0.2, 0.25) is 5.91 Å². The fourth-order valence-electron chi connectivity index (χ4n) is 3.33. The second kappa shape index (κ2) is 4.25. The van der Waals surface area contributed by atoms with Crippen molar-refractivity contribution >= 4 is 5.91 Å². The van der Waals surface area contributed by atoms with Gasteiger partial charge in [-0.1, -0.05) is 0 Å². The average molecular weight is 240 g/mol. The van der Waals surface area contributed by atoms with Crippen molar-refractivity contribution in [2.75, 3.05) is 13.7 Å². The van der Waals surface area contributed by atoms with E-state index < -0.39 is 5.54 Å². The minimum absolute atomic E-state index is 0.0225. The van der Waals surface area contributed by atoms with E-state index >= 15 is 0 Å². The zero-order valence-corrected chi connectivity index (χ0v) is 11.0. The topological polar surface area (TPSA) is 66.6 Å². The highest BCUT2D eigenvalue weighted by molar-refractivity contribution is 5.81. The number of rotatable bonds is 3. The van der Waals surface area contributed by atoms with Crippen LogP contribution in [0.25, 0.3) is 0 Å². The van der Waals surface area contributed by atoms with Gasteiger partial charge in [0.05, 0.1) is 18.1 Å². The van der Waals surface area contributed by atoms with Crippen LogP contribution < -0.4 is 5.73 Å². The quantitative estimate of drug-likeness (QED) is 0.758. The van der Waals surface area contributed by atoms with Crippen molar-refractivity contribution in [3.63, 3.8) is 0 Å². The SMILES string of the molecule is CN(C(=O)C1C2CCC(C2)C1N)C(C)(C)CO. The third kappa shape index (κ3) is 1.97. The molecule has 0 saturated heterocycles. The van der Waals surface area contributed by atoms with Crippen LogP contribution in [0.3, 0.4) is 0 Å². The van der Waals surface area contributed by atoms with Crippen molar-refractivity contribution in [3.8, 4) is 0 Å². The first kappa shape index (κ1) is 12.8. The van der Waals surface area contributed by atoms with Gasteiger partial charge in [-0.25, -0.2) is 0 Å². The van der Waals surface area contributed by atoms with Crippen molar-refractivity contribution in [1.29, 1.82) is 0 Å². The van der Waals surface area contributed by atoms with Gasteiger partial charge < -0.3 is 15.7 Å². The van der Waals surface area contributed by atoms with Gasteiger partial charge in [-0.3, -0.25) is 4.79 Å². The van der Waals surface area contributed by atoms with E-state index in [0.29, 0.717) is 11.8 Å². The maximum atomic E-state index is 12.5. The number of fused-ring (bicyclic) bond motifs is 2. The number of amides is 1. The monoisotopic (exact) mass is 240 g/mol. The van der Waals surface area contributed by atoms with Crippen LogP contribution in [-0.2, 0) is 4.79 Å². The molecule has 0 aromatic heterocycles. The number of hydrogen-bond donors (Lipinski definition) is 2. The van der Waals surface area contributed by atoms with Crippen molar-refractivity contribution < 1.29 is 9.90 Å². The number of likely N-dealkylation sites (N-methyl/N-ethyl adjacent to an activating group) is 1. The molecule has 98 valence electrons. The maximum absolute atomic E-state index is 12.5. The standard InChI is InChI=1S/C13H24N2O2/c1-13(2,7-16)15(3)12(17)10-8-4-5-9(6-8)11(10)14/h8-11,16H,4-7,14H2,1-3H3. The summed E-state index contributed by atoms with van der Waals surface area (Å²) in [5, 5.41) is 9.33. The van der Waals surface area contributed by atoms with Gasteiger partial charge >= 0.3 is 0 Å². The normalized spacial score (nSPS) is 36.3. The minimum Gasteiger partial charge on any atom is -0.394 e. The van der Waals surface area contributed by atoms with Crippen LogP contribution in [0.1, 0.15) is 33.1 Å². The lowest BCUT2D eigenvalue weighted by atomic mass is 9.83. The highest BCUT2D eigenvalue weighted by atomic mass is 16.3. The largest absolute Gasteiger partial charge is 0.394 e. The Morgan fingerprint density at radius 3 is 2.47 bits per heavy atom. The van der Waals surface area contributed by atoms with Crippen LogP contribution in [0.5, 0.6) is 0 Å². The Morgan fingerprint density at radius 2 is 2.00 bits per heavy atom. The van der Waals surface area contributed by atoms with E-state index in [1.807, 2.05) is 13.8 Å². The molecule has 4 nitrogen and oxygen atoms in total. The van der Waals surface area contributed by atoms with E-state index in [1.54, 1.807) is 11.9 Å². The van der Waals surface area contributed by atoms with Crippen molar-refractivity contribution in [2.45, 2.75) is 44.7 Å². The Morgan fingerprint density at radius 1 is 1.41 bits per heavy atom. The molecule has 2 aliphatic carbocycles. The molecule has 3 N–H and O–H groups in total. The summed E-state index contributed by atoms with van der Waals surface area (Å²) in [4.78, 5) is 14.2. The van der Waals surface area contributed by atoms with E-state index in [4.69, 9.17) is 5.73 Å². The Labute approximate surface area is 103 Å². The first-order valence-corrected chi connectivity index (χ1v) is 6.52. The lowest BCUT2D eigenvalue weighted by Gasteiger charge is -2.38. The van der Waals surface area contributed by atoms with E-state index in [2.05, 4.69) is 0 Å². The molecule has 4 atom stereocenters. The summed E-state index contributed by atoms with van der Waals surface area (Å²) in [5.41, 5.74) is 5.68. The molecule has 4 heteroatoms. The predicted molar refractivity (Wildman–Crippen MR) is 66.2 cm³/mol. The minimum atomic E-state index is -0.501.